The summed E-state index contributed by atoms with van der Waals surface area (Å²) < 4.78 is 60.6. The Kier molecular flexibility index (Phi) is 4.75. The second-order valence-electron chi connectivity index (χ2n) is 5.42. The summed E-state index contributed by atoms with van der Waals surface area (Å²) in [5, 5.41) is 0.224. The third-order valence-electron chi connectivity index (χ3n) is 3.49. The number of nitrogens with zero attached hydrogens (tertiary/aromatic N) is 1. The lowest BCUT2D eigenvalue weighted by molar-refractivity contribution is 0.0602. The van der Waals surface area contributed by atoms with Crippen LogP contribution in [0.2, 0.25) is 0 Å². The molecule has 0 amide bonds. The van der Waals surface area contributed by atoms with E-state index in [9.17, 15) is 21.6 Å². The van der Waals surface area contributed by atoms with E-state index in [1.807, 2.05) is 0 Å². The van der Waals surface area contributed by atoms with Gasteiger partial charge in [-0.25, -0.2) is 25.6 Å². The van der Waals surface area contributed by atoms with Crippen molar-refractivity contribution in [3.63, 3.8) is 0 Å². The minimum atomic E-state index is -3.74. The Morgan fingerprint density at radius 3 is 2.16 bits per heavy atom. The number of rotatable bonds is 5. The number of hydrogen-bond donors (Lipinski definition) is 1. The number of esters is 1. The van der Waals surface area contributed by atoms with Crippen molar-refractivity contribution in [2.45, 2.75) is 6.92 Å². The molecule has 0 spiro atoms. The molecule has 1 N–H and O–H groups in total. The van der Waals surface area contributed by atoms with E-state index in [2.05, 4.69) is 4.72 Å². The zero-order valence-corrected chi connectivity index (χ0v) is 15.9. The third-order valence-corrected chi connectivity index (χ3v) is 5.21. The van der Waals surface area contributed by atoms with Crippen molar-refractivity contribution in [3.8, 4) is 5.75 Å². The number of benzene rings is 1. The van der Waals surface area contributed by atoms with Crippen LogP contribution in [0.25, 0.3) is 10.9 Å². The molecular formula is C14H18N2O7S2. The molecule has 0 atom stereocenters. The van der Waals surface area contributed by atoms with E-state index in [0.717, 1.165) is 16.5 Å². The van der Waals surface area contributed by atoms with Gasteiger partial charge in [-0.05, 0) is 13.0 Å². The second-order valence-corrected chi connectivity index (χ2v) is 9.00. The Bertz CT molecular complexity index is 1070. The lowest BCUT2D eigenvalue weighted by atomic mass is 10.1. The molecule has 138 valence electrons. The Labute approximate surface area is 145 Å². The summed E-state index contributed by atoms with van der Waals surface area (Å²) in [5.41, 5.74) is 0.439. The fraction of sp³-hybridized carbons (Fsp3) is 0.357. The number of anilines is 1. The smallest absolute Gasteiger partial charge is 0.340 e. The standard InChI is InChI=1S/C14H18N2O7S2/c1-8-13(14(17)23-3)9-6-10(15-24(4,18)19)12(22-2)7-11(9)16(8)25(5,20)21/h6-7,15H,1-5H3. The number of nitrogens with one attached hydrogen (secondary N) is 1. The zero-order valence-electron chi connectivity index (χ0n) is 14.3. The highest BCUT2D eigenvalue weighted by molar-refractivity contribution is 7.92. The summed E-state index contributed by atoms with van der Waals surface area (Å²) in [7, 11) is -4.87. The van der Waals surface area contributed by atoms with Crippen LogP contribution in [0.1, 0.15) is 16.1 Å². The quantitative estimate of drug-likeness (QED) is 0.754. The molecule has 1 aromatic carbocycles. The van der Waals surface area contributed by atoms with Gasteiger partial charge in [-0.15, -0.1) is 0 Å². The van der Waals surface area contributed by atoms with Crippen LogP contribution in [0.3, 0.4) is 0 Å². The SMILES string of the molecule is COC(=O)c1c(C)n(S(C)(=O)=O)c2cc(OC)c(NS(C)(=O)=O)cc12. The fourth-order valence-electron chi connectivity index (χ4n) is 2.65. The summed E-state index contributed by atoms with van der Waals surface area (Å²) in [5.74, 6) is -0.628. The van der Waals surface area contributed by atoms with Crippen LogP contribution >= 0.6 is 0 Å². The van der Waals surface area contributed by atoms with E-state index in [0.29, 0.717) is 0 Å². The molecule has 0 aliphatic heterocycles. The van der Waals surface area contributed by atoms with Crippen LogP contribution in [0.15, 0.2) is 12.1 Å². The van der Waals surface area contributed by atoms with Crippen LogP contribution in [0, 0.1) is 6.92 Å². The number of hydrogen-bond acceptors (Lipinski definition) is 7. The number of fused-ring (bicyclic) bond motifs is 1. The number of carbonyl (C=O) groups excluding carboxylic acids is 1. The average Bonchev–Trinajstić information content (AvgIpc) is 2.74. The van der Waals surface area contributed by atoms with Gasteiger partial charge < -0.3 is 9.47 Å². The predicted octanol–water partition coefficient (Wildman–Crippen LogP) is 0.924. The molecule has 25 heavy (non-hydrogen) atoms. The van der Waals surface area contributed by atoms with Gasteiger partial charge in [-0.2, -0.15) is 0 Å². The Morgan fingerprint density at radius 2 is 1.72 bits per heavy atom. The van der Waals surface area contributed by atoms with E-state index in [-0.39, 0.29) is 33.6 Å². The van der Waals surface area contributed by atoms with E-state index in [1.54, 1.807) is 0 Å². The van der Waals surface area contributed by atoms with Crippen LogP contribution in [0.4, 0.5) is 5.69 Å². The van der Waals surface area contributed by atoms with Gasteiger partial charge in [0, 0.05) is 17.1 Å². The van der Waals surface area contributed by atoms with Crippen molar-refractivity contribution in [1.82, 2.24) is 3.97 Å². The molecule has 9 nitrogen and oxygen atoms in total. The summed E-state index contributed by atoms with van der Waals surface area (Å²) in [6.07, 6.45) is 1.96. The van der Waals surface area contributed by atoms with Gasteiger partial charge in [-0.1, -0.05) is 0 Å². The molecule has 1 heterocycles. The molecule has 11 heteroatoms. The predicted molar refractivity (Wildman–Crippen MR) is 93.3 cm³/mol. The number of aromatic nitrogens is 1. The van der Waals surface area contributed by atoms with Gasteiger partial charge in [0.05, 0.1) is 43.5 Å². The van der Waals surface area contributed by atoms with Crippen molar-refractivity contribution in [2.24, 2.45) is 0 Å². The number of ether oxygens (including phenoxy) is 2. The number of carbonyl (C=O) groups is 1. The first kappa shape index (κ1) is 19.1. The summed E-state index contributed by atoms with van der Waals surface area (Å²) in [6.45, 7) is 1.46. The third kappa shape index (κ3) is 3.56. The normalized spacial score (nSPS) is 12.2. The van der Waals surface area contributed by atoms with Crippen molar-refractivity contribution < 1.29 is 31.1 Å². The molecule has 0 unspecified atom stereocenters. The van der Waals surface area contributed by atoms with Gasteiger partial charge in [0.2, 0.25) is 20.0 Å². The fourth-order valence-corrected chi connectivity index (χ4v) is 4.31. The van der Waals surface area contributed by atoms with Crippen LogP contribution in [-0.2, 0) is 24.8 Å². The number of sulfonamides is 1. The van der Waals surface area contributed by atoms with Gasteiger partial charge >= 0.3 is 5.97 Å². The summed E-state index contributed by atoms with van der Waals surface area (Å²) in [6, 6.07) is 2.69. The van der Waals surface area contributed by atoms with Gasteiger partial charge in [-0.3, -0.25) is 4.72 Å². The Hall–Kier alpha value is -2.27. The Morgan fingerprint density at radius 1 is 1.12 bits per heavy atom. The summed E-state index contributed by atoms with van der Waals surface area (Å²) in [4.78, 5) is 12.1. The van der Waals surface area contributed by atoms with E-state index in [1.165, 1.54) is 33.3 Å². The first-order chi connectivity index (χ1) is 11.4. The molecule has 0 fully saturated rings. The molecule has 0 radical (unpaired) electrons. The molecule has 0 aliphatic rings. The topological polar surface area (TPSA) is 121 Å². The molecule has 0 saturated heterocycles. The molecule has 2 rings (SSSR count). The molecule has 0 aliphatic carbocycles. The summed E-state index contributed by atoms with van der Waals surface area (Å²) >= 11 is 0. The van der Waals surface area contributed by atoms with Crippen molar-refractivity contribution in [1.29, 1.82) is 0 Å². The Balaban J connectivity index is 3.00. The van der Waals surface area contributed by atoms with Crippen LogP contribution < -0.4 is 9.46 Å². The van der Waals surface area contributed by atoms with Gasteiger partial charge in [0.25, 0.3) is 0 Å². The molecular weight excluding hydrogens is 372 g/mol. The molecule has 1 aromatic heterocycles. The average molecular weight is 390 g/mol. The highest BCUT2D eigenvalue weighted by Crippen LogP contribution is 2.36. The maximum absolute atomic E-state index is 12.2. The van der Waals surface area contributed by atoms with E-state index < -0.39 is 26.0 Å². The maximum Gasteiger partial charge on any atom is 0.340 e. The van der Waals surface area contributed by atoms with E-state index in [4.69, 9.17) is 9.47 Å². The largest absolute Gasteiger partial charge is 0.494 e. The highest BCUT2D eigenvalue weighted by Gasteiger charge is 2.26. The minimum absolute atomic E-state index is 0.0297. The molecule has 2 aromatic rings. The minimum Gasteiger partial charge on any atom is -0.494 e. The highest BCUT2D eigenvalue weighted by atomic mass is 32.2. The maximum atomic E-state index is 12.2. The first-order valence-corrected chi connectivity index (χ1v) is 10.6. The lowest BCUT2D eigenvalue weighted by Gasteiger charge is -2.11. The van der Waals surface area contributed by atoms with Crippen molar-refractivity contribution >= 4 is 42.6 Å². The zero-order chi connectivity index (χ0) is 19.2. The van der Waals surface area contributed by atoms with Gasteiger partial charge in [0.1, 0.15) is 5.75 Å². The van der Waals surface area contributed by atoms with Crippen molar-refractivity contribution in [2.75, 3.05) is 31.5 Å². The first-order valence-electron chi connectivity index (χ1n) is 6.90. The molecule has 0 bridgehead atoms. The van der Waals surface area contributed by atoms with Gasteiger partial charge in [0.15, 0.2) is 0 Å². The second kappa shape index (κ2) is 6.23. The number of methoxy groups -OCH3 is 2. The van der Waals surface area contributed by atoms with E-state index >= 15 is 0 Å². The monoisotopic (exact) mass is 390 g/mol. The van der Waals surface area contributed by atoms with Crippen LogP contribution in [-0.4, -0.2) is 53.5 Å². The van der Waals surface area contributed by atoms with Crippen molar-refractivity contribution in [3.05, 3.63) is 23.4 Å². The molecule has 0 saturated carbocycles. The lowest BCUT2D eigenvalue weighted by Crippen LogP contribution is -2.13. The van der Waals surface area contributed by atoms with Crippen LogP contribution in [0.5, 0.6) is 5.75 Å².